The van der Waals surface area contributed by atoms with Gasteiger partial charge < -0.3 is 10.1 Å². The van der Waals surface area contributed by atoms with Crippen LogP contribution >= 0.6 is 0 Å². The van der Waals surface area contributed by atoms with E-state index in [4.69, 9.17) is 4.74 Å². The second-order valence-corrected chi connectivity index (χ2v) is 7.58. The minimum atomic E-state index is -0.103. The van der Waals surface area contributed by atoms with E-state index in [1.165, 1.54) is 11.1 Å². The lowest BCUT2D eigenvalue weighted by Gasteiger charge is -2.35. The zero-order valence-electron chi connectivity index (χ0n) is 17.3. The van der Waals surface area contributed by atoms with Gasteiger partial charge in [-0.3, -0.25) is 14.7 Å². The number of amides is 1. The molecule has 1 aliphatic heterocycles. The van der Waals surface area contributed by atoms with Gasteiger partial charge >= 0.3 is 0 Å². The minimum absolute atomic E-state index is 0.103. The van der Waals surface area contributed by atoms with E-state index in [1.54, 1.807) is 12.3 Å². The molecule has 1 aliphatic rings. The summed E-state index contributed by atoms with van der Waals surface area (Å²) in [5.74, 6) is -0.103. The Morgan fingerprint density at radius 1 is 1.13 bits per heavy atom. The van der Waals surface area contributed by atoms with Gasteiger partial charge in [0, 0.05) is 42.9 Å². The summed E-state index contributed by atoms with van der Waals surface area (Å²) in [6, 6.07) is 18.6. The molecule has 30 heavy (non-hydrogen) atoms. The quantitative estimate of drug-likeness (QED) is 0.639. The van der Waals surface area contributed by atoms with Crippen LogP contribution in [0, 0.1) is 6.92 Å². The van der Waals surface area contributed by atoms with E-state index in [-0.39, 0.29) is 11.9 Å². The number of carbonyl (C=O) groups is 1. The molecule has 1 aromatic heterocycles. The SMILES string of the molecule is Cc1ccc(C(CNC(=O)/C=C/c2cccc3cccnc23)N2CCOCC2)cc1. The van der Waals surface area contributed by atoms with E-state index >= 15 is 0 Å². The molecule has 1 unspecified atom stereocenters. The van der Waals surface area contributed by atoms with Crippen molar-refractivity contribution in [2.45, 2.75) is 13.0 Å². The Morgan fingerprint density at radius 2 is 1.90 bits per heavy atom. The number of hydrogen-bond donors (Lipinski definition) is 1. The van der Waals surface area contributed by atoms with Gasteiger partial charge in [-0.25, -0.2) is 0 Å². The molecule has 1 atom stereocenters. The number of benzene rings is 2. The maximum atomic E-state index is 12.6. The minimum Gasteiger partial charge on any atom is -0.379 e. The largest absolute Gasteiger partial charge is 0.379 e. The van der Waals surface area contributed by atoms with Gasteiger partial charge in [0.1, 0.15) is 0 Å². The van der Waals surface area contributed by atoms with Crippen molar-refractivity contribution in [3.8, 4) is 0 Å². The van der Waals surface area contributed by atoms with Gasteiger partial charge in [0.2, 0.25) is 5.91 Å². The molecule has 1 amide bonds. The average molecular weight is 402 g/mol. The van der Waals surface area contributed by atoms with Gasteiger partial charge in [0.25, 0.3) is 0 Å². The van der Waals surface area contributed by atoms with Gasteiger partial charge in [0.15, 0.2) is 0 Å². The summed E-state index contributed by atoms with van der Waals surface area (Å²) < 4.78 is 5.51. The normalized spacial score (nSPS) is 16.0. The monoisotopic (exact) mass is 401 g/mol. The standard InChI is InChI=1S/C25H27N3O2/c1-19-7-9-20(10-8-19)23(28-14-16-30-17-15-28)18-27-24(29)12-11-22-5-2-4-21-6-3-13-26-25(21)22/h2-13,23H,14-18H2,1H3,(H,27,29)/b12-11+. The number of nitrogens with zero attached hydrogens (tertiary/aromatic N) is 2. The Morgan fingerprint density at radius 3 is 2.70 bits per heavy atom. The first kappa shape index (κ1) is 20.3. The maximum Gasteiger partial charge on any atom is 0.244 e. The van der Waals surface area contributed by atoms with Gasteiger partial charge in [-0.15, -0.1) is 0 Å². The van der Waals surface area contributed by atoms with Crippen molar-refractivity contribution in [1.82, 2.24) is 15.2 Å². The zero-order chi connectivity index (χ0) is 20.8. The maximum absolute atomic E-state index is 12.6. The van der Waals surface area contributed by atoms with Crippen LogP contribution in [0.2, 0.25) is 0 Å². The Bertz CT molecular complexity index is 1020. The fourth-order valence-corrected chi connectivity index (χ4v) is 3.82. The van der Waals surface area contributed by atoms with Crippen molar-refractivity contribution in [2.24, 2.45) is 0 Å². The number of fused-ring (bicyclic) bond motifs is 1. The summed E-state index contributed by atoms with van der Waals surface area (Å²) in [4.78, 5) is 19.4. The Hall–Kier alpha value is -3.02. The molecule has 3 aromatic rings. The van der Waals surface area contributed by atoms with Gasteiger partial charge in [-0.05, 0) is 24.6 Å². The molecule has 1 fully saturated rings. The molecule has 0 aliphatic carbocycles. The number of carbonyl (C=O) groups excluding carboxylic acids is 1. The van der Waals surface area contributed by atoms with Crippen LogP contribution in [0.25, 0.3) is 17.0 Å². The van der Waals surface area contributed by atoms with Gasteiger partial charge in [-0.1, -0.05) is 54.1 Å². The molecule has 2 heterocycles. The number of morpholine rings is 1. The first-order valence-corrected chi connectivity index (χ1v) is 10.4. The highest BCUT2D eigenvalue weighted by molar-refractivity contribution is 5.95. The van der Waals surface area contributed by atoms with E-state index in [2.05, 4.69) is 46.4 Å². The van der Waals surface area contributed by atoms with Gasteiger partial charge in [0.05, 0.1) is 24.8 Å². The molecule has 2 aromatic carbocycles. The second-order valence-electron chi connectivity index (χ2n) is 7.58. The summed E-state index contributed by atoms with van der Waals surface area (Å²) in [6.45, 7) is 5.83. The molecule has 0 spiro atoms. The van der Waals surface area contributed by atoms with Crippen LogP contribution in [0.15, 0.2) is 66.9 Å². The molecule has 154 valence electrons. The zero-order valence-corrected chi connectivity index (χ0v) is 17.3. The molecule has 0 bridgehead atoms. The number of pyridine rings is 1. The van der Waals surface area contributed by atoms with Crippen LogP contribution in [0.3, 0.4) is 0 Å². The van der Waals surface area contributed by atoms with Crippen LogP contribution in [0.5, 0.6) is 0 Å². The van der Waals surface area contributed by atoms with Crippen molar-refractivity contribution < 1.29 is 9.53 Å². The third-order valence-electron chi connectivity index (χ3n) is 5.50. The number of aryl methyl sites for hydroxylation is 1. The van der Waals surface area contributed by atoms with E-state index in [0.29, 0.717) is 6.54 Å². The molecule has 5 heteroatoms. The highest BCUT2D eigenvalue weighted by atomic mass is 16.5. The molecular weight excluding hydrogens is 374 g/mol. The van der Waals surface area contributed by atoms with Crippen molar-refractivity contribution >= 4 is 22.9 Å². The van der Waals surface area contributed by atoms with E-state index in [1.807, 2.05) is 36.4 Å². The number of rotatable bonds is 6. The van der Waals surface area contributed by atoms with Crippen LogP contribution in [-0.4, -0.2) is 48.6 Å². The first-order chi connectivity index (χ1) is 14.7. The van der Waals surface area contributed by atoms with Crippen molar-refractivity contribution in [3.63, 3.8) is 0 Å². The Balaban J connectivity index is 1.45. The number of hydrogen-bond acceptors (Lipinski definition) is 4. The summed E-state index contributed by atoms with van der Waals surface area (Å²) in [5.41, 5.74) is 4.28. The van der Waals surface area contributed by atoms with Crippen LogP contribution in [0.1, 0.15) is 22.7 Å². The predicted molar refractivity (Wildman–Crippen MR) is 120 cm³/mol. The van der Waals surface area contributed by atoms with E-state index in [9.17, 15) is 4.79 Å². The average Bonchev–Trinajstić information content (AvgIpc) is 2.79. The molecule has 4 rings (SSSR count). The summed E-state index contributed by atoms with van der Waals surface area (Å²) in [5, 5.41) is 4.14. The molecule has 1 saturated heterocycles. The molecule has 0 radical (unpaired) electrons. The van der Waals surface area contributed by atoms with Crippen molar-refractivity contribution in [3.05, 3.63) is 83.6 Å². The predicted octanol–water partition coefficient (Wildman–Crippen LogP) is 3.75. The fraction of sp³-hybridized carbons (Fsp3) is 0.280. The first-order valence-electron chi connectivity index (χ1n) is 10.4. The summed E-state index contributed by atoms with van der Waals surface area (Å²) >= 11 is 0. The number of nitrogens with one attached hydrogen (secondary N) is 1. The molecule has 1 N–H and O–H groups in total. The molecular formula is C25H27N3O2. The van der Waals surface area contributed by atoms with Crippen LogP contribution in [0.4, 0.5) is 0 Å². The Labute approximate surface area is 177 Å². The molecule has 5 nitrogen and oxygen atoms in total. The van der Waals surface area contributed by atoms with Crippen LogP contribution < -0.4 is 5.32 Å². The molecule has 0 saturated carbocycles. The van der Waals surface area contributed by atoms with Gasteiger partial charge in [-0.2, -0.15) is 0 Å². The Kier molecular flexibility index (Phi) is 6.52. The lowest BCUT2D eigenvalue weighted by molar-refractivity contribution is -0.116. The lowest BCUT2D eigenvalue weighted by atomic mass is 10.0. The smallest absolute Gasteiger partial charge is 0.244 e. The third kappa shape index (κ3) is 4.93. The number of para-hydroxylation sites is 1. The summed E-state index contributed by atoms with van der Waals surface area (Å²) in [7, 11) is 0. The van der Waals surface area contributed by atoms with E-state index in [0.717, 1.165) is 42.8 Å². The van der Waals surface area contributed by atoms with Crippen molar-refractivity contribution in [2.75, 3.05) is 32.8 Å². The number of ether oxygens (including phenoxy) is 1. The lowest BCUT2D eigenvalue weighted by Crippen LogP contribution is -2.43. The second kappa shape index (κ2) is 9.65. The van der Waals surface area contributed by atoms with Crippen LogP contribution in [-0.2, 0) is 9.53 Å². The van der Waals surface area contributed by atoms with E-state index < -0.39 is 0 Å². The fourth-order valence-electron chi connectivity index (χ4n) is 3.82. The highest BCUT2D eigenvalue weighted by Crippen LogP contribution is 2.22. The van der Waals surface area contributed by atoms with Crippen molar-refractivity contribution in [1.29, 1.82) is 0 Å². The summed E-state index contributed by atoms with van der Waals surface area (Å²) in [6.07, 6.45) is 5.20. The highest BCUT2D eigenvalue weighted by Gasteiger charge is 2.22. The topological polar surface area (TPSA) is 54.5 Å². The third-order valence-corrected chi connectivity index (χ3v) is 5.50. The number of aromatic nitrogens is 1.